The number of carboxylic acids is 4. The molecule has 0 radical (unpaired) electrons. The fourth-order valence-corrected chi connectivity index (χ4v) is 5.73. The molecule has 20 heteroatoms. The maximum Gasteiger partial charge on any atom is 0.343 e. The molecule has 0 saturated carbocycles. The van der Waals surface area contributed by atoms with Crippen molar-refractivity contribution in [1.82, 2.24) is 0 Å². The zero-order valence-corrected chi connectivity index (χ0v) is 33.3. The molecule has 0 aliphatic carbocycles. The zero-order valence-electron chi connectivity index (χ0n) is 33.3. The number of hydrogen-bond donors (Lipinski definition) is 16. The molecule has 6 aromatic rings. The van der Waals surface area contributed by atoms with Crippen molar-refractivity contribution < 1.29 is 101 Å². The first-order valence-electron chi connectivity index (χ1n) is 18.2. The number of carboxylic acid groups (broad SMARTS) is 4. The number of phenolic OH excluding ortho intramolecular Hbond substituents is 4. The van der Waals surface area contributed by atoms with Crippen LogP contribution in [0.15, 0.2) is 84.9 Å². The van der Waals surface area contributed by atoms with Crippen molar-refractivity contribution in [2.45, 2.75) is 0 Å². The van der Waals surface area contributed by atoms with Crippen LogP contribution in [-0.4, -0.2) is 106 Å². The van der Waals surface area contributed by atoms with E-state index in [9.17, 15) is 80.5 Å². The van der Waals surface area contributed by atoms with E-state index in [1.807, 2.05) is 0 Å². The van der Waals surface area contributed by atoms with Gasteiger partial charge in [0.05, 0.1) is 0 Å². The van der Waals surface area contributed by atoms with Crippen LogP contribution in [-0.2, 0) is 0 Å². The monoisotopic (exact) mass is 908 g/mol. The molecule has 0 aliphatic heterocycles. The molecule has 20 nitrogen and oxygen atoms in total. The average molecular weight is 909 g/mol. The minimum absolute atomic E-state index is 0.0616. The number of rotatable bonds is 10. The topological polar surface area (TPSA) is 392 Å². The minimum Gasteiger partial charge on any atom is -0.508 e. The van der Waals surface area contributed by atoms with Crippen molar-refractivity contribution in [3.8, 4) is 69.0 Å². The molecular weight excluding hydrogens is 872 g/mol. The van der Waals surface area contributed by atoms with Crippen molar-refractivity contribution >= 4 is 60.3 Å². The van der Waals surface area contributed by atoms with Crippen molar-refractivity contribution in [3.05, 3.63) is 141 Å². The van der Waals surface area contributed by atoms with Crippen molar-refractivity contribution in [3.63, 3.8) is 0 Å². The Morgan fingerprint density at radius 2 is 0.606 bits per heavy atom. The third-order valence-electron chi connectivity index (χ3n) is 8.77. The van der Waals surface area contributed by atoms with Crippen LogP contribution in [0, 0.1) is 0 Å². The van der Waals surface area contributed by atoms with E-state index >= 15 is 0 Å². The Hall–Kier alpha value is -9.98. The van der Waals surface area contributed by atoms with E-state index in [2.05, 4.69) is 0 Å². The molecule has 16 N–H and O–H groups in total. The van der Waals surface area contributed by atoms with Gasteiger partial charge in [0.2, 0.25) is 0 Å². The van der Waals surface area contributed by atoms with E-state index < -0.39 is 92.1 Å². The lowest BCUT2D eigenvalue weighted by atomic mass is 10.0. The molecule has 0 fully saturated rings. The smallest absolute Gasteiger partial charge is 0.343 e. The second kappa shape index (κ2) is 20.7. The maximum absolute atomic E-state index is 11.0. The van der Waals surface area contributed by atoms with Crippen LogP contribution in [0.2, 0.25) is 0 Å². The molecular formula is C46H36O20. The van der Waals surface area contributed by atoms with Crippen LogP contribution in [0.1, 0.15) is 74.8 Å². The van der Waals surface area contributed by atoms with E-state index in [4.69, 9.17) is 20.4 Å². The van der Waals surface area contributed by atoms with Crippen LogP contribution < -0.4 is 0 Å². The van der Waals surface area contributed by atoms with Crippen molar-refractivity contribution in [2.75, 3.05) is 0 Å². The Morgan fingerprint density at radius 3 is 0.939 bits per heavy atom. The molecule has 0 atom stereocenters. The SMILES string of the molecule is O=C(O)c1c(O)cc(/C=C/c2ccc(O)c(C(=O)O)c2O)cc1O.O=C(O)c1c(O)cc(/C=C/c2ccc(O)cc2O)cc1O.O=C(O)c1c(O)ccc(/C=C/c2cc(O)cc(O)c2)c1O. The van der Waals surface area contributed by atoms with Gasteiger partial charge >= 0.3 is 23.9 Å². The summed E-state index contributed by atoms with van der Waals surface area (Å²) in [6.07, 6.45) is 8.41. The van der Waals surface area contributed by atoms with Gasteiger partial charge in [-0.2, -0.15) is 0 Å². The van der Waals surface area contributed by atoms with E-state index in [0.29, 0.717) is 16.7 Å². The Kier molecular flexibility index (Phi) is 15.3. The van der Waals surface area contributed by atoms with Gasteiger partial charge in [-0.3, -0.25) is 0 Å². The fourth-order valence-electron chi connectivity index (χ4n) is 5.73. The highest BCUT2D eigenvalue weighted by atomic mass is 16.4. The number of hydrogen-bond acceptors (Lipinski definition) is 16. The first-order chi connectivity index (χ1) is 31.0. The van der Waals surface area contributed by atoms with Gasteiger partial charge in [-0.25, -0.2) is 19.2 Å². The van der Waals surface area contributed by atoms with Crippen LogP contribution in [0.4, 0.5) is 0 Å². The number of aromatic hydroxyl groups is 12. The largest absolute Gasteiger partial charge is 0.508 e. The molecule has 0 spiro atoms. The van der Waals surface area contributed by atoms with Crippen LogP contribution in [0.5, 0.6) is 69.0 Å². The predicted molar refractivity (Wildman–Crippen MR) is 233 cm³/mol. The molecule has 6 rings (SSSR count). The molecule has 0 aromatic heterocycles. The van der Waals surface area contributed by atoms with Gasteiger partial charge in [0.25, 0.3) is 0 Å². The summed E-state index contributed by atoms with van der Waals surface area (Å²) in [5.41, 5.74) is -0.806. The van der Waals surface area contributed by atoms with Gasteiger partial charge in [0.15, 0.2) is 0 Å². The standard InChI is InChI=1S/C16H12O8.2C15H12O6/c17-9-4-3-8(14(20)13(9)16(23)24)2-1-7-5-10(18)12(15(21)22)11(19)6-7;16-10-5-8(6-11(17)7-10)1-2-9-3-4-12(18)13(14(9)19)15(20)21;16-10-4-3-9(11(17)7-10)2-1-8-5-12(18)14(15(20)21)13(19)6-8/h1-6,17-20H,(H,21,22)(H,23,24);2*1-7,16-19H,(H,20,21)/b3*2-1+. The number of phenols is 12. The summed E-state index contributed by atoms with van der Waals surface area (Å²) in [5.74, 6) is -11.1. The Bertz CT molecular complexity index is 2900. The normalized spacial score (nSPS) is 10.8. The number of aromatic carboxylic acids is 4. The average Bonchev–Trinajstić information content (AvgIpc) is 3.19. The molecule has 0 heterocycles. The summed E-state index contributed by atoms with van der Waals surface area (Å²) in [6.45, 7) is 0. The summed E-state index contributed by atoms with van der Waals surface area (Å²) in [6, 6.07) is 17.3. The predicted octanol–water partition coefficient (Wildman–Crippen LogP) is 6.83. The van der Waals surface area contributed by atoms with Crippen molar-refractivity contribution in [2.24, 2.45) is 0 Å². The third-order valence-corrected chi connectivity index (χ3v) is 8.77. The first-order valence-corrected chi connectivity index (χ1v) is 18.2. The molecule has 0 aliphatic rings. The summed E-state index contributed by atoms with van der Waals surface area (Å²) < 4.78 is 0. The van der Waals surface area contributed by atoms with Crippen LogP contribution in [0.25, 0.3) is 36.5 Å². The summed E-state index contributed by atoms with van der Waals surface area (Å²) >= 11 is 0. The van der Waals surface area contributed by atoms with Gasteiger partial charge in [-0.05, 0) is 89.5 Å². The molecule has 0 bridgehead atoms. The number of benzene rings is 6. The van der Waals surface area contributed by atoms with Gasteiger partial charge in [-0.1, -0.05) is 36.5 Å². The lowest BCUT2D eigenvalue weighted by Gasteiger charge is -2.06. The summed E-state index contributed by atoms with van der Waals surface area (Å²) in [5, 5.41) is 150. The molecule has 0 saturated heterocycles. The second-order valence-electron chi connectivity index (χ2n) is 13.4. The van der Waals surface area contributed by atoms with Gasteiger partial charge in [-0.15, -0.1) is 0 Å². The quantitative estimate of drug-likeness (QED) is 0.0626. The fraction of sp³-hybridized carbons (Fsp3) is 0. The van der Waals surface area contributed by atoms with Gasteiger partial charge in [0, 0.05) is 28.8 Å². The third kappa shape index (κ3) is 12.1. The van der Waals surface area contributed by atoms with Crippen LogP contribution >= 0.6 is 0 Å². The highest BCUT2D eigenvalue weighted by Crippen LogP contribution is 2.35. The summed E-state index contributed by atoms with van der Waals surface area (Å²) in [7, 11) is 0. The molecule has 340 valence electrons. The Labute approximate surface area is 370 Å². The van der Waals surface area contributed by atoms with Crippen molar-refractivity contribution in [1.29, 1.82) is 0 Å². The first kappa shape index (κ1) is 48.7. The van der Waals surface area contributed by atoms with E-state index in [0.717, 1.165) is 30.3 Å². The van der Waals surface area contributed by atoms with E-state index in [1.165, 1.54) is 91.1 Å². The molecule has 6 aromatic carbocycles. The molecule has 0 amide bonds. The zero-order chi connectivity index (χ0) is 49.2. The lowest BCUT2D eigenvalue weighted by Crippen LogP contribution is -1.98. The minimum atomic E-state index is -1.51. The molecule has 0 unspecified atom stereocenters. The number of carbonyl (C=O) groups is 4. The van der Waals surface area contributed by atoms with Crippen LogP contribution in [0.3, 0.4) is 0 Å². The van der Waals surface area contributed by atoms with E-state index in [-0.39, 0.29) is 39.7 Å². The highest BCUT2D eigenvalue weighted by molar-refractivity contribution is 5.98. The van der Waals surface area contributed by atoms with Gasteiger partial charge < -0.3 is 81.7 Å². The Morgan fingerprint density at radius 1 is 0.288 bits per heavy atom. The highest BCUT2D eigenvalue weighted by Gasteiger charge is 2.20. The Balaban J connectivity index is 0.000000217. The second-order valence-corrected chi connectivity index (χ2v) is 13.4. The molecule has 66 heavy (non-hydrogen) atoms. The maximum atomic E-state index is 11.0. The lowest BCUT2D eigenvalue weighted by molar-refractivity contribution is 0.0678. The van der Waals surface area contributed by atoms with Gasteiger partial charge in [0.1, 0.15) is 91.2 Å². The summed E-state index contributed by atoms with van der Waals surface area (Å²) in [4.78, 5) is 43.6. The van der Waals surface area contributed by atoms with E-state index in [1.54, 1.807) is 0 Å².